The number of rotatable bonds is 12. The van der Waals surface area contributed by atoms with E-state index in [4.69, 9.17) is 18.9 Å². The molecule has 4 aromatic rings. The third-order valence-corrected chi connectivity index (χ3v) is 8.05. The zero-order valence-electron chi connectivity index (χ0n) is 24.7. The van der Waals surface area contributed by atoms with Crippen LogP contribution in [0.4, 0.5) is 0 Å². The fraction of sp³-hybridized carbons (Fsp3) is 0.393. The first-order valence-electron chi connectivity index (χ1n) is 13.1. The Balaban J connectivity index is 1.96. The van der Waals surface area contributed by atoms with E-state index in [2.05, 4.69) is 24.4 Å². The highest BCUT2D eigenvalue weighted by atomic mass is 32.2. The molecule has 0 fully saturated rings. The molecule has 14 heteroatoms. The Morgan fingerprint density at radius 2 is 1.62 bits per heavy atom. The summed E-state index contributed by atoms with van der Waals surface area (Å²) in [5, 5.41) is 3.49. The van der Waals surface area contributed by atoms with Gasteiger partial charge in [0.15, 0.2) is 11.6 Å². The molecule has 3 aromatic heterocycles. The lowest BCUT2D eigenvalue weighted by molar-refractivity contribution is 0.0118. The molecule has 13 nitrogen and oxygen atoms in total. The first kappa shape index (κ1) is 30.8. The van der Waals surface area contributed by atoms with Gasteiger partial charge in [0.2, 0.25) is 5.62 Å². The van der Waals surface area contributed by atoms with Crippen molar-refractivity contribution in [2.24, 2.45) is 11.4 Å². The van der Waals surface area contributed by atoms with Gasteiger partial charge < -0.3 is 18.9 Å². The molecule has 224 valence electrons. The third-order valence-electron chi connectivity index (χ3n) is 6.45. The molecule has 0 bridgehead atoms. The van der Waals surface area contributed by atoms with Gasteiger partial charge in [-0.25, -0.2) is 23.1 Å². The molecule has 0 unspecified atom stereocenters. The Hall–Kier alpha value is -4.14. The van der Waals surface area contributed by atoms with Crippen LogP contribution in [-0.2, 0) is 26.5 Å². The van der Waals surface area contributed by atoms with Crippen molar-refractivity contribution in [2.75, 3.05) is 34.5 Å². The minimum absolute atomic E-state index is 0.00150. The Morgan fingerprint density at radius 1 is 0.952 bits per heavy atom. The molecule has 0 aliphatic rings. The number of benzene rings is 1. The number of aryl methyl sites for hydroxylation is 3. The van der Waals surface area contributed by atoms with Gasteiger partial charge in [-0.15, -0.1) is 4.40 Å². The minimum atomic E-state index is -4.28. The SMILES string of the molecule is COCCO[C@H](c1ncc(C)cn1)[C@H](C)S(=O)(=O)N=c1n(C)nc(-c2cncc(C)c2)n1-c1c(OC)cccc1OC. The van der Waals surface area contributed by atoms with E-state index in [-0.39, 0.29) is 24.7 Å². The van der Waals surface area contributed by atoms with E-state index in [1.807, 2.05) is 19.9 Å². The molecule has 1 aromatic carbocycles. The lowest BCUT2D eigenvalue weighted by Crippen LogP contribution is -2.33. The van der Waals surface area contributed by atoms with Crippen LogP contribution in [-0.4, -0.2) is 77.5 Å². The first-order chi connectivity index (χ1) is 20.1. The highest BCUT2D eigenvalue weighted by Crippen LogP contribution is 2.34. The predicted octanol–water partition coefficient (Wildman–Crippen LogP) is 2.72. The third kappa shape index (κ3) is 6.50. The van der Waals surface area contributed by atoms with Crippen molar-refractivity contribution in [1.29, 1.82) is 0 Å². The number of pyridine rings is 1. The molecule has 0 aliphatic carbocycles. The maximum Gasteiger partial charge on any atom is 0.262 e. The van der Waals surface area contributed by atoms with E-state index in [0.29, 0.717) is 28.6 Å². The van der Waals surface area contributed by atoms with E-state index in [1.165, 1.54) is 32.9 Å². The van der Waals surface area contributed by atoms with Crippen LogP contribution in [0.25, 0.3) is 17.1 Å². The highest BCUT2D eigenvalue weighted by Gasteiger charge is 2.34. The summed E-state index contributed by atoms with van der Waals surface area (Å²) in [6, 6.07) is 7.14. The lowest BCUT2D eigenvalue weighted by Gasteiger charge is -2.21. The van der Waals surface area contributed by atoms with Gasteiger partial charge >= 0.3 is 0 Å². The normalized spacial score (nSPS) is 13.6. The van der Waals surface area contributed by atoms with Gasteiger partial charge in [0.05, 0.1) is 27.4 Å². The molecule has 0 radical (unpaired) electrons. The van der Waals surface area contributed by atoms with Crippen LogP contribution in [0.5, 0.6) is 11.5 Å². The van der Waals surface area contributed by atoms with Crippen molar-refractivity contribution in [2.45, 2.75) is 32.1 Å². The number of ether oxygens (including phenoxy) is 4. The first-order valence-corrected chi connectivity index (χ1v) is 14.6. The van der Waals surface area contributed by atoms with Crippen LogP contribution >= 0.6 is 0 Å². The fourth-order valence-electron chi connectivity index (χ4n) is 4.27. The zero-order valence-corrected chi connectivity index (χ0v) is 25.5. The molecule has 0 spiro atoms. The predicted molar refractivity (Wildman–Crippen MR) is 155 cm³/mol. The maximum atomic E-state index is 14.0. The molecule has 0 aliphatic heterocycles. The second kappa shape index (κ2) is 13.2. The molecular formula is C28H35N7O6S. The van der Waals surface area contributed by atoms with Crippen molar-refractivity contribution < 1.29 is 27.4 Å². The van der Waals surface area contributed by atoms with Gasteiger partial charge in [0.25, 0.3) is 10.0 Å². The van der Waals surface area contributed by atoms with Crippen LogP contribution in [0.3, 0.4) is 0 Å². The van der Waals surface area contributed by atoms with Gasteiger partial charge in [0.1, 0.15) is 28.5 Å². The topological polar surface area (TPSA) is 145 Å². The van der Waals surface area contributed by atoms with Crippen LogP contribution < -0.4 is 15.1 Å². The lowest BCUT2D eigenvalue weighted by atomic mass is 10.2. The van der Waals surface area contributed by atoms with E-state index in [0.717, 1.165) is 11.1 Å². The Bertz CT molecular complexity index is 1680. The Morgan fingerprint density at radius 3 is 2.21 bits per heavy atom. The quantitative estimate of drug-likeness (QED) is 0.224. The van der Waals surface area contributed by atoms with E-state index in [9.17, 15) is 8.42 Å². The smallest absolute Gasteiger partial charge is 0.262 e. The second-order valence-electron chi connectivity index (χ2n) is 9.56. The van der Waals surface area contributed by atoms with Crippen molar-refractivity contribution in [1.82, 2.24) is 29.3 Å². The van der Waals surface area contributed by atoms with Crippen molar-refractivity contribution in [3.63, 3.8) is 0 Å². The Kier molecular flexibility index (Phi) is 9.70. The molecule has 4 rings (SSSR count). The second-order valence-corrected chi connectivity index (χ2v) is 11.5. The average molecular weight is 598 g/mol. The summed E-state index contributed by atoms with van der Waals surface area (Å²) < 4.78 is 57.6. The molecule has 0 N–H and O–H groups in total. The molecule has 42 heavy (non-hydrogen) atoms. The van der Waals surface area contributed by atoms with Crippen LogP contribution in [0.1, 0.15) is 30.0 Å². The molecule has 3 heterocycles. The van der Waals surface area contributed by atoms with Crippen LogP contribution in [0.15, 0.2) is 53.5 Å². The van der Waals surface area contributed by atoms with Gasteiger partial charge in [-0.1, -0.05) is 6.07 Å². The van der Waals surface area contributed by atoms with Gasteiger partial charge in [-0.2, -0.15) is 5.10 Å². The van der Waals surface area contributed by atoms with Crippen molar-refractivity contribution in [3.05, 3.63) is 71.6 Å². The fourth-order valence-corrected chi connectivity index (χ4v) is 5.38. The zero-order chi connectivity index (χ0) is 30.4. The number of hydrogen-bond donors (Lipinski definition) is 0. The Labute approximate surface area is 244 Å². The largest absolute Gasteiger partial charge is 0.494 e. The average Bonchev–Trinajstić information content (AvgIpc) is 3.29. The van der Waals surface area contributed by atoms with Gasteiger partial charge in [0, 0.05) is 44.5 Å². The minimum Gasteiger partial charge on any atom is -0.494 e. The summed E-state index contributed by atoms with van der Waals surface area (Å²) in [4.78, 5) is 13.0. The summed E-state index contributed by atoms with van der Waals surface area (Å²) in [7, 11) is 1.90. The summed E-state index contributed by atoms with van der Waals surface area (Å²) >= 11 is 0. The maximum absolute atomic E-state index is 14.0. The van der Waals surface area contributed by atoms with Crippen molar-refractivity contribution >= 4 is 10.0 Å². The number of aromatic nitrogens is 6. The summed E-state index contributed by atoms with van der Waals surface area (Å²) in [6.45, 7) is 5.65. The van der Waals surface area contributed by atoms with E-state index < -0.39 is 21.4 Å². The molecule has 2 atom stereocenters. The molecule has 0 saturated carbocycles. The van der Waals surface area contributed by atoms with Gasteiger partial charge in [-0.05, 0) is 50.1 Å². The van der Waals surface area contributed by atoms with Crippen LogP contribution in [0, 0.1) is 13.8 Å². The van der Waals surface area contributed by atoms with Gasteiger partial charge in [-0.3, -0.25) is 9.55 Å². The molecule has 0 amide bonds. The number of para-hydroxylation sites is 1. The number of methoxy groups -OCH3 is 3. The van der Waals surface area contributed by atoms with E-state index >= 15 is 0 Å². The molecular weight excluding hydrogens is 562 g/mol. The highest BCUT2D eigenvalue weighted by molar-refractivity contribution is 7.90. The number of hydrogen-bond acceptors (Lipinski definition) is 10. The monoisotopic (exact) mass is 597 g/mol. The van der Waals surface area contributed by atoms with E-state index in [1.54, 1.807) is 54.6 Å². The summed E-state index contributed by atoms with van der Waals surface area (Å²) in [5.41, 5.74) is 2.78. The van der Waals surface area contributed by atoms with Crippen molar-refractivity contribution in [3.8, 4) is 28.6 Å². The summed E-state index contributed by atoms with van der Waals surface area (Å²) in [6.07, 6.45) is 5.56. The molecule has 0 saturated heterocycles. The standard InChI is InChI=1S/C28H35N7O6S/c1-18-13-21(17-29-14-18)27-32-34(4)28(35(27)24-22(39-6)9-8-10-23(24)40-7)33-42(36,37)20(3)25(41-12-11-38-5)26-30-15-19(2)16-31-26/h8-10,13-17,20,25H,11-12H2,1-7H3/t20-,25-/m0/s1. The van der Waals surface area contributed by atoms with Crippen LogP contribution in [0.2, 0.25) is 0 Å². The number of nitrogens with zero attached hydrogens (tertiary/aromatic N) is 7. The number of sulfonamides is 1. The summed E-state index contributed by atoms with van der Waals surface area (Å²) in [5.74, 6) is 1.45.